The second-order valence-corrected chi connectivity index (χ2v) is 5.30. The minimum atomic E-state index is -0.249. The van der Waals surface area contributed by atoms with Gasteiger partial charge in [-0.2, -0.15) is 0 Å². The largest absolute Gasteiger partial charge is 0.426 e. The molecule has 2 aromatic carbocycles. The number of esters is 1. The average Bonchev–Trinajstić information content (AvgIpc) is 2.90. The molecule has 0 aliphatic rings. The van der Waals surface area contributed by atoms with Crippen molar-refractivity contribution in [2.45, 2.75) is 19.3 Å². The molecule has 0 amide bonds. The van der Waals surface area contributed by atoms with Crippen molar-refractivity contribution in [2.75, 3.05) is 0 Å². The minimum Gasteiger partial charge on any atom is -0.426 e. The highest BCUT2D eigenvalue weighted by atomic mass is 16.5. The summed E-state index contributed by atoms with van der Waals surface area (Å²) < 4.78 is 7.48. The minimum absolute atomic E-state index is 0.232. The predicted octanol–water partition coefficient (Wildman–Crippen LogP) is 3.67. The van der Waals surface area contributed by atoms with Gasteiger partial charge < -0.3 is 9.30 Å². The van der Waals surface area contributed by atoms with Crippen molar-refractivity contribution in [1.29, 1.82) is 0 Å². The van der Waals surface area contributed by atoms with Crippen molar-refractivity contribution in [3.8, 4) is 5.75 Å². The molecule has 1 heterocycles. The van der Waals surface area contributed by atoms with Gasteiger partial charge in [-0.1, -0.05) is 37.3 Å². The Bertz CT molecular complexity index is 793. The zero-order valence-electron chi connectivity index (χ0n) is 12.7. The van der Waals surface area contributed by atoms with Crippen LogP contribution in [0.2, 0.25) is 0 Å². The third-order valence-corrected chi connectivity index (χ3v) is 3.81. The van der Waals surface area contributed by atoms with Crippen LogP contribution in [0.25, 0.3) is 11.0 Å². The van der Waals surface area contributed by atoms with Gasteiger partial charge in [-0.15, -0.1) is 0 Å². The van der Waals surface area contributed by atoms with Crippen LogP contribution in [-0.4, -0.2) is 15.5 Å². The molecular weight excluding hydrogens is 276 g/mol. The summed E-state index contributed by atoms with van der Waals surface area (Å²) in [6, 6.07) is 15.2. The van der Waals surface area contributed by atoms with Crippen LogP contribution in [-0.2, 0) is 11.8 Å². The molecule has 3 rings (SSSR count). The monoisotopic (exact) mass is 294 g/mol. The SMILES string of the molecule is CCC(C(=O)Oc1ccc2c(c1)ncn2C)c1ccccc1. The molecule has 0 fully saturated rings. The Morgan fingerprint density at radius 1 is 1.23 bits per heavy atom. The van der Waals surface area contributed by atoms with Crippen LogP contribution in [0.4, 0.5) is 0 Å². The van der Waals surface area contributed by atoms with Crippen LogP contribution in [0.3, 0.4) is 0 Å². The Balaban J connectivity index is 1.82. The van der Waals surface area contributed by atoms with Crippen LogP contribution in [0.5, 0.6) is 5.75 Å². The van der Waals surface area contributed by atoms with Gasteiger partial charge in [0.25, 0.3) is 0 Å². The molecule has 0 aliphatic carbocycles. The molecule has 0 radical (unpaired) electrons. The molecule has 0 N–H and O–H groups in total. The number of ether oxygens (including phenoxy) is 1. The van der Waals surface area contributed by atoms with Crippen molar-refractivity contribution < 1.29 is 9.53 Å². The molecule has 4 heteroatoms. The summed E-state index contributed by atoms with van der Waals surface area (Å²) >= 11 is 0. The quantitative estimate of drug-likeness (QED) is 0.544. The van der Waals surface area contributed by atoms with Gasteiger partial charge in [0.05, 0.1) is 23.3 Å². The first-order valence-corrected chi connectivity index (χ1v) is 7.36. The molecular formula is C18H18N2O2. The van der Waals surface area contributed by atoms with Gasteiger partial charge in [-0.05, 0) is 24.1 Å². The summed E-state index contributed by atoms with van der Waals surface area (Å²) in [4.78, 5) is 16.7. The predicted molar refractivity (Wildman–Crippen MR) is 85.8 cm³/mol. The lowest BCUT2D eigenvalue weighted by atomic mass is 9.97. The molecule has 0 bridgehead atoms. The molecule has 1 atom stereocenters. The molecule has 0 saturated carbocycles. The molecule has 22 heavy (non-hydrogen) atoms. The third-order valence-electron chi connectivity index (χ3n) is 3.81. The molecule has 1 unspecified atom stereocenters. The lowest BCUT2D eigenvalue weighted by Gasteiger charge is -2.14. The van der Waals surface area contributed by atoms with E-state index in [1.165, 1.54) is 0 Å². The highest BCUT2D eigenvalue weighted by Crippen LogP contribution is 2.24. The van der Waals surface area contributed by atoms with Gasteiger partial charge in [0.2, 0.25) is 0 Å². The van der Waals surface area contributed by atoms with Gasteiger partial charge >= 0.3 is 5.97 Å². The van der Waals surface area contributed by atoms with E-state index in [2.05, 4.69) is 4.98 Å². The summed E-state index contributed by atoms with van der Waals surface area (Å²) in [6.07, 6.45) is 2.45. The molecule has 0 aliphatic heterocycles. The van der Waals surface area contributed by atoms with Crippen molar-refractivity contribution in [3.63, 3.8) is 0 Å². The fraction of sp³-hybridized carbons (Fsp3) is 0.222. The zero-order valence-corrected chi connectivity index (χ0v) is 12.7. The van der Waals surface area contributed by atoms with Crippen LogP contribution in [0.1, 0.15) is 24.8 Å². The normalized spacial score (nSPS) is 12.3. The summed E-state index contributed by atoms with van der Waals surface area (Å²) in [6.45, 7) is 1.99. The summed E-state index contributed by atoms with van der Waals surface area (Å²) in [5, 5.41) is 0. The first-order chi connectivity index (χ1) is 10.7. The molecule has 0 saturated heterocycles. The number of aromatic nitrogens is 2. The average molecular weight is 294 g/mol. The maximum absolute atomic E-state index is 12.4. The maximum atomic E-state index is 12.4. The molecule has 4 nitrogen and oxygen atoms in total. The second kappa shape index (κ2) is 6.02. The van der Waals surface area contributed by atoms with E-state index in [0.717, 1.165) is 16.6 Å². The Hall–Kier alpha value is -2.62. The van der Waals surface area contributed by atoms with Gasteiger partial charge in [0.15, 0.2) is 0 Å². The van der Waals surface area contributed by atoms with Crippen LogP contribution in [0.15, 0.2) is 54.9 Å². The number of hydrogen-bond donors (Lipinski definition) is 0. The lowest BCUT2D eigenvalue weighted by molar-refractivity contribution is -0.136. The van der Waals surface area contributed by atoms with E-state index in [1.807, 2.05) is 54.9 Å². The number of fused-ring (bicyclic) bond motifs is 1. The summed E-state index contributed by atoms with van der Waals surface area (Å²) in [7, 11) is 1.93. The topological polar surface area (TPSA) is 44.1 Å². The maximum Gasteiger partial charge on any atom is 0.318 e. The number of nitrogens with zero attached hydrogens (tertiary/aromatic N) is 2. The Labute approximate surface area is 129 Å². The van der Waals surface area contributed by atoms with E-state index in [1.54, 1.807) is 18.5 Å². The van der Waals surface area contributed by atoms with Crippen LogP contribution >= 0.6 is 0 Å². The summed E-state index contributed by atoms with van der Waals surface area (Å²) in [5.74, 6) is 0.0511. The highest BCUT2D eigenvalue weighted by Gasteiger charge is 2.20. The summed E-state index contributed by atoms with van der Waals surface area (Å²) in [5.41, 5.74) is 2.81. The van der Waals surface area contributed by atoms with E-state index in [9.17, 15) is 4.79 Å². The molecule has 3 aromatic rings. The van der Waals surface area contributed by atoms with Crippen molar-refractivity contribution >= 4 is 17.0 Å². The smallest absolute Gasteiger partial charge is 0.318 e. The lowest BCUT2D eigenvalue weighted by Crippen LogP contribution is -2.18. The van der Waals surface area contributed by atoms with Crippen molar-refractivity contribution in [1.82, 2.24) is 9.55 Å². The van der Waals surface area contributed by atoms with Gasteiger partial charge in [0.1, 0.15) is 5.75 Å². The Morgan fingerprint density at radius 2 is 2.00 bits per heavy atom. The fourth-order valence-corrected chi connectivity index (χ4v) is 2.59. The van der Waals surface area contributed by atoms with Crippen LogP contribution < -0.4 is 4.74 Å². The van der Waals surface area contributed by atoms with Crippen LogP contribution in [0, 0.1) is 0 Å². The van der Waals surface area contributed by atoms with Crippen molar-refractivity contribution in [3.05, 3.63) is 60.4 Å². The number of benzene rings is 2. The highest BCUT2D eigenvalue weighted by molar-refractivity contribution is 5.82. The molecule has 0 spiro atoms. The van der Waals surface area contributed by atoms with E-state index in [0.29, 0.717) is 12.2 Å². The number of carbonyl (C=O) groups excluding carboxylic acids is 1. The number of imidazole rings is 1. The molecule has 112 valence electrons. The first kappa shape index (κ1) is 14.3. The van der Waals surface area contributed by atoms with Crippen molar-refractivity contribution in [2.24, 2.45) is 7.05 Å². The zero-order chi connectivity index (χ0) is 15.5. The number of hydrogen-bond acceptors (Lipinski definition) is 3. The first-order valence-electron chi connectivity index (χ1n) is 7.36. The van der Waals surface area contributed by atoms with E-state index in [-0.39, 0.29) is 11.9 Å². The number of aryl methyl sites for hydroxylation is 1. The van der Waals surface area contributed by atoms with E-state index >= 15 is 0 Å². The van der Waals surface area contributed by atoms with Gasteiger partial charge in [-0.25, -0.2) is 4.98 Å². The molecule has 1 aromatic heterocycles. The Morgan fingerprint density at radius 3 is 2.73 bits per heavy atom. The van der Waals surface area contributed by atoms with Gasteiger partial charge in [-0.3, -0.25) is 4.79 Å². The fourth-order valence-electron chi connectivity index (χ4n) is 2.59. The second-order valence-electron chi connectivity index (χ2n) is 5.30. The third kappa shape index (κ3) is 2.72. The van der Waals surface area contributed by atoms with E-state index < -0.39 is 0 Å². The number of rotatable bonds is 4. The van der Waals surface area contributed by atoms with Gasteiger partial charge in [0, 0.05) is 13.1 Å². The Kier molecular flexibility index (Phi) is 3.92. The van der Waals surface area contributed by atoms with E-state index in [4.69, 9.17) is 4.74 Å². The number of carbonyl (C=O) groups is 1. The standard InChI is InChI=1S/C18H18N2O2/c1-3-15(13-7-5-4-6-8-13)18(21)22-14-9-10-17-16(11-14)19-12-20(17)2/h4-12,15H,3H2,1-2H3.